The fraction of sp³-hybridized carbons (Fsp3) is 0. The van der Waals surface area contributed by atoms with Crippen molar-refractivity contribution in [2.24, 2.45) is 0 Å². The number of para-hydroxylation sites is 1. The molecule has 0 aliphatic carbocycles. The fourth-order valence-electron chi connectivity index (χ4n) is 6.17. The van der Waals surface area contributed by atoms with Crippen molar-refractivity contribution in [1.29, 1.82) is 0 Å². The molecule has 4 nitrogen and oxygen atoms in total. The third-order valence-corrected chi connectivity index (χ3v) is 8.12. The number of fused-ring (bicyclic) bond motifs is 2. The van der Waals surface area contributed by atoms with E-state index in [1.165, 1.54) is 0 Å². The second-order valence-electron chi connectivity index (χ2n) is 10.6. The molecular weight excluding hydrogens is 526 g/mol. The van der Waals surface area contributed by atoms with Crippen molar-refractivity contribution in [3.63, 3.8) is 0 Å². The molecule has 1 aromatic heterocycles. The van der Waals surface area contributed by atoms with Crippen LogP contribution in [0.3, 0.4) is 0 Å². The van der Waals surface area contributed by atoms with Gasteiger partial charge in [-0.1, -0.05) is 127 Å². The number of rotatable bonds is 5. The lowest BCUT2D eigenvalue weighted by Crippen LogP contribution is -2.17. The topological polar surface area (TPSA) is 46.1 Å². The smallest absolute Gasteiger partial charge is 0.162 e. The standard InChI is InChI=1S/C39H25N3O/c43-25-28-16-7-8-17-29(28)30-22-23-33-31-18-9-10-20-35(31)42(36-21-11-19-32(30)38(33)36)37-24-34(26-12-3-1-4-13-26)40-39(41-37)27-14-5-2-6-15-27/h1-25H. The Morgan fingerprint density at radius 3 is 1.95 bits per heavy atom. The van der Waals surface area contributed by atoms with Gasteiger partial charge in [-0.25, -0.2) is 9.97 Å². The number of aromatic nitrogens is 2. The third-order valence-electron chi connectivity index (χ3n) is 8.12. The van der Waals surface area contributed by atoms with Crippen LogP contribution in [-0.2, 0) is 0 Å². The van der Waals surface area contributed by atoms with Gasteiger partial charge in [0, 0.05) is 33.7 Å². The van der Waals surface area contributed by atoms with Gasteiger partial charge in [0.25, 0.3) is 0 Å². The summed E-state index contributed by atoms with van der Waals surface area (Å²) in [4.78, 5) is 24.5. The van der Waals surface area contributed by atoms with Gasteiger partial charge in [-0.15, -0.1) is 0 Å². The van der Waals surface area contributed by atoms with Crippen molar-refractivity contribution in [3.05, 3.63) is 151 Å². The maximum atomic E-state index is 12.0. The highest BCUT2D eigenvalue weighted by molar-refractivity contribution is 6.17. The average Bonchev–Trinajstić information content (AvgIpc) is 3.09. The molecule has 7 aromatic rings. The molecular formula is C39H25N3O. The second kappa shape index (κ2) is 10.2. The first kappa shape index (κ1) is 24.9. The highest BCUT2D eigenvalue weighted by atomic mass is 16.1. The third kappa shape index (κ3) is 4.12. The number of hydrogen-bond donors (Lipinski definition) is 0. The van der Waals surface area contributed by atoms with Crippen molar-refractivity contribution in [1.82, 2.24) is 9.97 Å². The highest BCUT2D eigenvalue weighted by Crippen LogP contribution is 2.52. The Morgan fingerprint density at radius 1 is 0.512 bits per heavy atom. The number of aldehydes is 1. The summed E-state index contributed by atoms with van der Waals surface area (Å²) in [5, 5.41) is 2.21. The number of benzene rings is 6. The van der Waals surface area contributed by atoms with Gasteiger partial charge in [0.1, 0.15) is 5.82 Å². The average molecular weight is 552 g/mol. The van der Waals surface area contributed by atoms with E-state index in [0.29, 0.717) is 11.4 Å². The zero-order valence-corrected chi connectivity index (χ0v) is 23.2. The first-order chi connectivity index (χ1) is 21.3. The monoisotopic (exact) mass is 551 g/mol. The van der Waals surface area contributed by atoms with E-state index in [0.717, 1.165) is 73.3 Å². The molecule has 2 heterocycles. The van der Waals surface area contributed by atoms with Gasteiger partial charge in [0.05, 0.1) is 17.1 Å². The Labute approximate surface area is 249 Å². The molecule has 0 fully saturated rings. The van der Waals surface area contributed by atoms with Crippen molar-refractivity contribution in [3.8, 4) is 44.9 Å². The maximum absolute atomic E-state index is 12.0. The van der Waals surface area contributed by atoms with Crippen molar-refractivity contribution >= 4 is 34.3 Å². The SMILES string of the molecule is O=Cc1ccccc1-c1ccc2c3c(cccc13)N(c1cc(-c3ccccc3)nc(-c3ccccc3)n1)c1ccccc1-2. The summed E-state index contributed by atoms with van der Waals surface area (Å²) in [6.45, 7) is 0. The molecule has 6 aromatic carbocycles. The van der Waals surface area contributed by atoms with Crippen LogP contribution in [0.5, 0.6) is 0 Å². The number of hydrogen-bond acceptors (Lipinski definition) is 4. The molecule has 0 unspecified atom stereocenters. The molecule has 0 saturated heterocycles. The van der Waals surface area contributed by atoms with Crippen LogP contribution in [-0.4, -0.2) is 16.3 Å². The molecule has 43 heavy (non-hydrogen) atoms. The van der Waals surface area contributed by atoms with E-state index in [4.69, 9.17) is 9.97 Å². The van der Waals surface area contributed by atoms with Crippen molar-refractivity contribution < 1.29 is 4.79 Å². The van der Waals surface area contributed by atoms with E-state index in [2.05, 4.69) is 77.7 Å². The molecule has 0 N–H and O–H groups in total. The summed E-state index contributed by atoms with van der Waals surface area (Å²) < 4.78 is 0. The van der Waals surface area contributed by atoms with Crippen LogP contribution >= 0.6 is 0 Å². The molecule has 0 amide bonds. The lowest BCUT2D eigenvalue weighted by atomic mass is 9.86. The second-order valence-corrected chi connectivity index (χ2v) is 10.6. The minimum absolute atomic E-state index is 0.668. The fourth-order valence-corrected chi connectivity index (χ4v) is 6.17. The van der Waals surface area contributed by atoms with Crippen LogP contribution in [0.4, 0.5) is 17.2 Å². The number of nitrogens with zero attached hydrogens (tertiary/aromatic N) is 3. The van der Waals surface area contributed by atoms with Gasteiger partial charge in [-0.05, 0) is 34.2 Å². The van der Waals surface area contributed by atoms with E-state index in [1.54, 1.807) is 0 Å². The summed E-state index contributed by atoms with van der Waals surface area (Å²) >= 11 is 0. The number of carbonyl (C=O) groups is 1. The van der Waals surface area contributed by atoms with Gasteiger partial charge in [-0.3, -0.25) is 9.69 Å². The summed E-state index contributed by atoms with van der Waals surface area (Å²) in [5.41, 5.74) is 9.84. The summed E-state index contributed by atoms with van der Waals surface area (Å²) in [7, 11) is 0. The molecule has 202 valence electrons. The summed E-state index contributed by atoms with van der Waals surface area (Å²) in [5.74, 6) is 1.46. The zero-order valence-electron chi connectivity index (χ0n) is 23.2. The predicted molar refractivity (Wildman–Crippen MR) is 175 cm³/mol. The highest BCUT2D eigenvalue weighted by Gasteiger charge is 2.28. The Bertz CT molecular complexity index is 2100. The van der Waals surface area contributed by atoms with Crippen molar-refractivity contribution in [2.75, 3.05) is 4.90 Å². The summed E-state index contributed by atoms with van der Waals surface area (Å²) in [6, 6.07) is 49.4. The van der Waals surface area contributed by atoms with Gasteiger partial charge >= 0.3 is 0 Å². The van der Waals surface area contributed by atoms with Crippen LogP contribution in [0.15, 0.2) is 146 Å². The van der Waals surface area contributed by atoms with Crippen LogP contribution in [0.25, 0.3) is 55.7 Å². The van der Waals surface area contributed by atoms with Crippen LogP contribution < -0.4 is 4.90 Å². The first-order valence-corrected chi connectivity index (χ1v) is 14.3. The van der Waals surface area contributed by atoms with Gasteiger partial charge in [0.2, 0.25) is 0 Å². The quantitative estimate of drug-likeness (QED) is 0.200. The maximum Gasteiger partial charge on any atom is 0.162 e. The van der Waals surface area contributed by atoms with Gasteiger partial charge < -0.3 is 0 Å². The number of anilines is 3. The van der Waals surface area contributed by atoms with Crippen LogP contribution in [0, 0.1) is 0 Å². The molecule has 4 heteroatoms. The Balaban J connectivity index is 1.43. The minimum atomic E-state index is 0.668. The van der Waals surface area contributed by atoms with E-state index in [-0.39, 0.29) is 0 Å². The van der Waals surface area contributed by atoms with E-state index in [1.807, 2.05) is 72.8 Å². The van der Waals surface area contributed by atoms with Gasteiger partial charge in [0.15, 0.2) is 12.1 Å². The number of carbonyl (C=O) groups excluding carboxylic acids is 1. The Kier molecular flexibility index (Phi) is 5.90. The lowest BCUT2D eigenvalue weighted by molar-refractivity contribution is 0.112. The van der Waals surface area contributed by atoms with Crippen LogP contribution in [0.1, 0.15) is 10.4 Å². The molecule has 1 aliphatic rings. The molecule has 8 rings (SSSR count). The predicted octanol–water partition coefficient (Wildman–Crippen LogP) is 9.89. The molecule has 0 bridgehead atoms. The zero-order chi connectivity index (χ0) is 28.8. The van der Waals surface area contributed by atoms with Gasteiger partial charge in [-0.2, -0.15) is 0 Å². The largest absolute Gasteiger partial charge is 0.298 e. The van der Waals surface area contributed by atoms with E-state index >= 15 is 0 Å². The molecule has 0 spiro atoms. The molecule has 0 radical (unpaired) electrons. The van der Waals surface area contributed by atoms with Crippen LogP contribution in [0.2, 0.25) is 0 Å². The molecule has 0 atom stereocenters. The lowest BCUT2D eigenvalue weighted by Gasteiger charge is -2.33. The normalized spacial score (nSPS) is 11.8. The first-order valence-electron chi connectivity index (χ1n) is 14.3. The van der Waals surface area contributed by atoms with E-state index < -0.39 is 0 Å². The van der Waals surface area contributed by atoms with E-state index in [9.17, 15) is 4.79 Å². The Hall–Kier alpha value is -5.87. The molecule has 1 aliphatic heterocycles. The Morgan fingerprint density at radius 2 is 1.16 bits per heavy atom. The van der Waals surface area contributed by atoms with Crippen molar-refractivity contribution in [2.45, 2.75) is 0 Å². The molecule has 0 saturated carbocycles. The summed E-state index contributed by atoms with van der Waals surface area (Å²) in [6.07, 6.45) is 0.934. The minimum Gasteiger partial charge on any atom is -0.298 e.